The van der Waals surface area contributed by atoms with Gasteiger partial charge in [0.1, 0.15) is 0 Å². The van der Waals surface area contributed by atoms with Crippen LogP contribution >= 0.6 is 0 Å². The van der Waals surface area contributed by atoms with E-state index >= 15 is 0 Å². The maximum absolute atomic E-state index is 12.8. The molecule has 3 aromatic rings. The van der Waals surface area contributed by atoms with E-state index in [0.717, 1.165) is 0 Å². The third-order valence-corrected chi connectivity index (χ3v) is 4.37. The molecule has 0 fully saturated rings. The van der Waals surface area contributed by atoms with E-state index in [1.54, 1.807) is 54.6 Å². The summed E-state index contributed by atoms with van der Waals surface area (Å²) < 4.78 is 0. The van der Waals surface area contributed by atoms with Crippen molar-refractivity contribution < 1.29 is 14.4 Å². The molecule has 5 nitrogen and oxygen atoms in total. The maximum Gasteiger partial charge on any atom is 0.255 e. The van der Waals surface area contributed by atoms with Gasteiger partial charge in [-0.1, -0.05) is 30.3 Å². The van der Waals surface area contributed by atoms with E-state index in [0.29, 0.717) is 11.3 Å². The van der Waals surface area contributed by atoms with Gasteiger partial charge in [0, 0.05) is 33.6 Å². The molecule has 0 saturated heterocycles. The molecule has 5 heteroatoms. The second-order valence-electron chi connectivity index (χ2n) is 6.01. The summed E-state index contributed by atoms with van der Waals surface area (Å²) in [6.45, 7) is 0. The number of nitrogens with two attached hydrogens (primary N) is 1. The predicted octanol–water partition coefficient (Wildman–Crippen LogP) is 3.30. The highest BCUT2D eigenvalue weighted by Crippen LogP contribution is 2.32. The van der Waals surface area contributed by atoms with E-state index < -0.39 is 0 Å². The standard InChI is InChI=1S/C21H14N2O3/c22-17-8-4-7-15-18(17)20(25)14-10-9-13(11-16(14)19(15)24)23-21(26)12-5-2-1-3-6-12/h1-11H,22H2,(H,23,26). The summed E-state index contributed by atoms with van der Waals surface area (Å²) in [6.07, 6.45) is 0. The molecule has 3 aromatic carbocycles. The average Bonchev–Trinajstić information content (AvgIpc) is 2.66. The SMILES string of the molecule is Nc1cccc2c1C(=O)c1ccc(NC(=O)c3ccccc3)cc1C2=O. The molecule has 0 aliphatic heterocycles. The van der Waals surface area contributed by atoms with Gasteiger partial charge in [0.05, 0.1) is 5.56 Å². The Bertz CT molecular complexity index is 1070. The quantitative estimate of drug-likeness (QED) is 0.547. The molecule has 0 atom stereocenters. The monoisotopic (exact) mass is 342 g/mol. The van der Waals surface area contributed by atoms with E-state index in [-0.39, 0.29) is 45.4 Å². The van der Waals surface area contributed by atoms with Crippen LogP contribution in [-0.2, 0) is 0 Å². The molecular formula is C21H14N2O3. The third kappa shape index (κ3) is 2.46. The van der Waals surface area contributed by atoms with Crippen molar-refractivity contribution in [2.24, 2.45) is 0 Å². The Kier molecular flexibility index (Phi) is 3.62. The largest absolute Gasteiger partial charge is 0.398 e. The van der Waals surface area contributed by atoms with Crippen molar-refractivity contribution in [2.45, 2.75) is 0 Å². The topological polar surface area (TPSA) is 89.3 Å². The van der Waals surface area contributed by atoms with Crippen molar-refractivity contribution in [3.63, 3.8) is 0 Å². The van der Waals surface area contributed by atoms with E-state index in [9.17, 15) is 14.4 Å². The van der Waals surface area contributed by atoms with E-state index in [1.807, 2.05) is 6.07 Å². The summed E-state index contributed by atoms with van der Waals surface area (Å²) in [7, 11) is 0. The van der Waals surface area contributed by atoms with E-state index in [1.165, 1.54) is 6.07 Å². The molecule has 0 bridgehead atoms. The van der Waals surface area contributed by atoms with Gasteiger partial charge in [0.15, 0.2) is 11.6 Å². The first-order valence-corrected chi connectivity index (χ1v) is 8.04. The average molecular weight is 342 g/mol. The lowest BCUT2D eigenvalue weighted by atomic mass is 9.83. The highest BCUT2D eigenvalue weighted by molar-refractivity contribution is 6.30. The number of anilines is 2. The van der Waals surface area contributed by atoms with Gasteiger partial charge < -0.3 is 11.1 Å². The molecule has 4 rings (SSSR count). The highest BCUT2D eigenvalue weighted by atomic mass is 16.2. The molecule has 1 aliphatic rings. The number of hydrogen-bond acceptors (Lipinski definition) is 4. The van der Waals surface area contributed by atoms with Crippen LogP contribution in [0.5, 0.6) is 0 Å². The summed E-state index contributed by atoms with van der Waals surface area (Å²) in [4.78, 5) is 37.8. The van der Waals surface area contributed by atoms with Crippen molar-refractivity contribution in [1.82, 2.24) is 0 Å². The number of benzene rings is 3. The Morgan fingerprint density at radius 2 is 1.54 bits per heavy atom. The second-order valence-corrected chi connectivity index (χ2v) is 6.01. The molecule has 0 spiro atoms. The fourth-order valence-corrected chi connectivity index (χ4v) is 3.09. The number of rotatable bonds is 2. The summed E-state index contributed by atoms with van der Waals surface area (Å²) >= 11 is 0. The smallest absolute Gasteiger partial charge is 0.255 e. The van der Waals surface area contributed by atoms with Crippen LogP contribution in [0.25, 0.3) is 0 Å². The molecule has 1 amide bonds. The molecule has 0 heterocycles. The summed E-state index contributed by atoms with van der Waals surface area (Å²) in [5, 5.41) is 2.75. The third-order valence-electron chi connectivity index (χ3n) is 4.37. The van der Waals surface area contributed by atoms with E-state index in [4.69, 9.17) is 5.73 Å². The fraction of sp³-hybridized carbons (Fsp3) is 0. The molecule has 0 aromatic heterocycles. The van der Waals surface area contributed by atoms with Crippen molar-refractivity contribution in [2.75, 3.05) is 11.1 Å². The van der Waals surface area contributed by atoms with Crippen LogP contribution in [0.1, 0.15) is 42.2 Å². The summed E-state index contributed by atoms with van der Waals surface area (Å²) in [5.74, 6) is -0.851. The number of carbonyl (C=O) groups is 3. The number of nitrogen functional groups attached to an aromatic ring is 1. The minimum Gasteiger partial charge on any atom is -0.398 e. The van der Waals surface area contributed by atoms with Crippen LogP contribution < -0.4 is 11.1 Å². The first kappa shape index (κ1) is 15.8. The van der Waals surface area contributed by atoms with Gasteiger partial charge in [0.2, 0.25) is 0 Å². The Hall–Kier alpha value is -3.73. The minimum absolute atomic E-state index is 0.242. The van der Waals surface area contributed by atoms with Gasteiger partial charge in [-0.25, -0.2) is 0 Å². The molecule has 26 heavy (non-hydrogen) atoms. The Balaban J connectivity index is 1.72. The number of ketones is 2. The second kappa shape index (κ2) is 5.97. The Morgan fingerprint density at radius 1 is 0.769 bits per heavy atom. The first-order chi connectivity index (χ1) is 12.6. The van der Waals surface area contributed by atoms with Crippen molar-refractivity contribution >= 4 is 28.8 Å². The molecule has 0 radical (unpaired) electrons. The van der Waals surface area contributed by atoms with Gasteiger partial charge in [-0.05, 0) is 36.4 Å². The molecule has 1 aliphatic carbocycles. The lowest BCUT2D eigenvalue weighted by molar-refractivity contribution is 0.0979. The molecular weight excluding hydrogens is 328 g/mol. The molecule has 0 unspecified atom stereocenters. The number of carbonyl (C=O) groups excluding carboxylic acids is 3. The number of amides is 1. The fourth-order valence-electron chi connectivity index (χ4n) is 3.09. The van der Waals surface area contributed by atoms with Crippen LogP contribution in [0.3, 0.4) is 0 Å². The Labute approximate surface area is 149 Å². The zero-order valence-corrected chi connectivity index (χ0v) is 13.7. The predicted molar refractivity (Wildman–Crippen MR) is 98.6 cm³/mol. The maximum atomic E-state index is 12.8. The van der Waals surface area contributed by atoms with E-state index in [2.05, 4.69) is 5.32 Å². The summed E-state index contributed by atoms with van der Waals surface area (Å²) in [6, 6.07) is 18.3. The van der Waals surface area contributed by atoms with Gasteiger partial charge in [-0.3, -0.25) is 14.4 Å². The van der Waals surface area contributed by atoms with Gasteiger partial charge in [0.25, 0.3) is 5.91 Å². The lowest BCUT2D eigenvalue weighted by Gasteiger charge is -2.19. The van der Waals surface area contributed by atoms with Crippen LogP contribution in [0.2, 0.25) is 0 Å². The van der Waals surface area contributed by atoms with Crippen molar-refractivity contribution in [3.8, 4) is 0 Å². The Morgan fingerprint density at radius 3 is 2.31 bits per heavy atom. The first-order valence-electron chi connectivity index (χ1n) is 8.04. The lowest BCUT2D eigenvalue weighted by Crippen LogP contribution is -2.23. The van der Waals surface area contributed by atoms with Crippen molar-refractivity contribution in [3.05, 3.63) is 94.5 Å². The number of fused-ring (bicyclic) bond motifs is 2. The van der Waals surface area contributed by atoms with Crippen LogP contribution in [-0.4, -0.2) is 17.5 Å². The van der Waals surface area contributed by atoms with Gasteiger partial charge >= 0.3 is 0 Å². The van der Waals surface area contributed by atoms with Crippen LogP contribution in [0.15, 0.2) is 66.7 Å². The normalized spacial score (nSPS) is 12.3. The molecule has 126 valence electrons. The van der Waals surface area contributed by atoms with Crippen LogP contribution in [0.4, 0.5) is 11.4 Å². The minimum atomic E-state index is -0.287. The zero-order valence-electron chi connectivity index (χ0n) is 13.7. The van der Waals surface area contributed by atoms with Gasteiger partial charge in [-0.15, -0.1) is 0 Å². The van der Waals surface area contributed by atoms with Crippen molar-refractivity contribution in [1.29, 1.82) is 0 Å². The highest BCUT2D eigenvalue weighted by Gasteiger charge is 2.31. The zero-order chi connectivity index (χ0) is 18.3. The van der Waals surface area contributed by atoms with Gasteiger partial charge in [-0.2, -0.15) is 0 Å². The number of hydrogen-bond donors (Lipinski definition) is 2. The molecule has 3 N–H and O–H groups in total. The van der Waals surface area contributed by atoms with Crippen LogP contribution in [0, 0.1) is 0 Å². The number of nitrogens with one attached hydrogen (secondary N) is 1. The molecule has 0 saturated carbocycles. The summed E-state index contributed by atoms with van der Waals surface area (Å²) in [5.41, 5.74) is 8.20.